The minimum atomic E-state index is -0.0508. The Bertz CT molecular complexity index is 1320. The van der Waals surface area contributed by atoms with Crippen molar-refractivity contribution < 1.29 is 14.3 Å². The standard InChI is InChI=1S/C21H22N8O3S/c1-11(2)26-17(30)4-6-29-20-18(19(22)23-9-24-20)27-21(29)33-16-8-15-14(31-10-32-15)7-12(16)13-3-5-25-28-13/h3,5,7-9,11H,4,6,10H2,1-2H3,(H,25,28)(H,26,30)(H2,22,23,24). The van der Waals surface area contributed by atoms with Gasteiger partial charge in [-0.3, -0.25) is 9.89 Å². The van der Waals surface area contributed by atoms with Crippen LogP contribution in [-0.4, -0.2) is 48.5 Å². The van der Waals surface area contributed by atoms with Crippen LogP contribution in [0.4, 0.5) is 5.82 Å². The van der Waals surface area contributed by atoms with Gasteiger partial charge in [-0.05, 0) is 32.0 Å². The predicted octanol–water partition coefficient (Wildman–Crippen LogP) is 2.59. The van der Waals surface area contributed by atoms with E-state index in [1.807, 2.05) is 36.6 Å². The molecule has 1 aliphatic heterocycles. The molecule has 1 aliphatic rings. The Morgan fingerprint density at radius 2 is 2.12 bits per heavy atom. The number of ether oxygens (including phenoxy) is 2. The lowest BCUT2D eigenvalue weighted by molar-refractivity contribution is -0.121. The summed E-state index contributed by atoms with van der Waals surface area (Å²) in [6.45, 7) is 4.40. The van der Waals surface area contributed by atoms with Crippen LogP contribution in [0.5, 0.6) is 11.5 Å². The summed E-state index contributed by atoms with van der Waals surface area (Å²) in [7, 11) is 0. The lowest BCUT2D eigenvalue weighted by Crippen LogP contribution is -2.30. The fourth-order valence-electron chi connectivity index (χ4n) is 3.54. The molecular weight excluding hydrogens is 444 g/mol. The number of anilines is 1. The van der Waals surface area contributed by atoms with Gasteiger partial charge in [0.25, 0.3) is 0 Å². The molecule has 0 spiro atoms. The molecule has 1 aromatic carbocycles. The second kappa shape index (κ2) is 8.62. The molecule has 1 amide bonds. The van der Waals surface area contributed by atoms with Crippen molar-refractivity contribution in [2.75, 3.05) is 12.5 Å². The molecule has 0 unspecified atom stereocenters. The van der Waals surface area contributed by atoms with E-state index in [0.717, 1.165) is 16.2 Å². The van der Waals surface area contributed by atoms with Gasteiger partial charge < -0.3 is 25.1 Å². The van der Waals surface area contributed by atoms with Crippen molar-refractivity contribution in [2.24, 2.45) is 0 Å². The SMILES string of the molecule is CC(C)NC(=O)CCn1c(Sc2cc3c(cc2-c2cc[nH]n2)OCO3)nc2c(N)ncnc21. The number of fused-ring (bicyclic) bond motifs is 2. The molecule has 4 heterocycles. The zero-order valence-corrected chi connectivity index (χ0v) is 18.8. The molecule has 12 heteroatoms. The van der Waals surface area contributed by atoms with E-state index in [1.165, 1.54) is 18.1 Å². The number of imidazole rings is 1. The molecule has 3 aromatic heterocycles. The second-order valence-electron chi connectivity index (χ2n) is 7.71. The number of aromatic nitrogens is 6. The van der Waals surface area contributed by atoms with Crippen molar-refractivity contribution in [1.29, 1.82) is 0 Å². The summed E-state index contributed by atoms with van der Waals surface area (Å²) in [5, 5.41) is 10.7. The number of H-pyrrole nitrogens is 1. The highest BCUT2D eigenvalue weighted by Crippen LogP contribution is 2.44. The van der Waals surface area contributed by atoms with Gasteiger partial charge >= 0.3 is 0 Å². The number of nitrogens with one attached hydrogen (secondary N) is 2. The lowest BCUT2D eigenvalue weighted by atomic mass is 10.1. The van der Waals surface area contributed by atoms with E-state index < -0.39 is 0 Å². The zero-order chi connectivity index (χ0) is 22.9. The van der Waals surface area contributed by atoms with Crippen LogP contribution in [0.1, 0.15) is 20.3 Å². The smallest absolute Gasteiger partial charge is 0.231 e. The van der Waals surface area contributed by atoms with Crippen molar-refractivity contribution in [3.05, 3.63) is 30.7 Å². The summed E-state index contributed by atoms with van der Waals surface area (Å²) in [5.74, 6) is 1.54. The zero-order valence-electron chi connectivity index (χ0n) is 18.0. The van der Waals surface area contributed by atoms with Crippen molar-refractivity contribution in [3.63, 3.8) is 0 Å². The van der Waals surface area contributed by atoms with Crippen LogP contribution >= 0.6 is 11.8 Å². The molecule has 0 fully saturated rings. The van der Waals surface area contributed by atoms with Crippen LogP contribution in [0.3, 0.4) is 0 Å². The predicted molar refractivity (Wildman–Crippen MR) is 122 cm³/mol. The average Bonchev–Trinajstić information content (AvgIpc) is 3.52. The van der Waals surface area contributed by atoms with Crippen LogP contribution in [0, 0.1) is 0 Å². The van der Waals surface area contributed by atoms with E-state index in [0.29, 0.717) is 34.4 Å². The molecule has 0 bridgehead atoms. The monoisotopic (exact) mass is 466 g/mol. The average molecular weight is 467 g/mol. The first-order chi connectivity index (χ1) is 16.0. The van der Waals surface area contributed by atoms with Crippen molar-refractivity contribution in [3.8, 4) is 22.8 Å². The highest BCUT2D eigenvalue weighted by molar-refractivity contribution is 7.99. The van der Waals surface area contributed by atoms with Crippen molar-refractivity contribution >= 4 is 34.7 Å². The Labute approximate surface area is 193 Å². The minimum absolute atomic E-state index is 0.0508. The van der Waals surface area contributed by atoms with Gasteiger partial charge in [-0.15, -0.1) is 0 Å². The maximum atomic E-state index is 12.3. The van der Waals surface area contributed by atoms with Gasteiger partial charge in [-0.25, -0.2) is 15.0 Å². The molecular formula is C21H22N8O3S. The number of nitrogens with zero attached hydrogens (tertiary/aromatic N) is 5. The minimum Gasteiger partial charge on any atom is -0.454 e. The molecule has 4 aromatic rings. The Balaban J connectivity index is 1.55. The Morgan fingerprint density at radius 1 is 1.30 bits per heavy atom. The number of rotatable bonds is 7. The summed E-state index contributed by atoms with van der Waals surface area (Å²) in [4.78, 5) is 26.3. The maximum absolute atomic E-state index is 12.3. The summed E-state index contributed by atoms with van der Waals surface area (Å²) < 4.78 is 13.0. The number of hydrogen-bond donors (Lipinski definition) is 3. The van der Waals surface area contributed by atoms with Gasteiger partial charge in [0.2, 0.25) is 12.7 Å². The Hall–Kier alpha value is -3.80. The number of aryl methyl sites for hydroxylation is 1. The van der Waals surface area contributed by atoms with Crippen LogP contribution < -0.4 is 20.5 Å². The van der Waals surface area contributed by atoms with Gasteiger partial charge in [-0.1, -0.05) is 11.8 Å². The molecule has 4 N–H and O–H groups in total. The van der Waals surface area contributed by atoms with Crippen LogP contribution in [0.2, 0.25) is 0 Å². The fraction of sp³-hybridized carbons (Fsp3) is 0.286. The summed E-state index contributed by atoms with van der Waals surface area (Å²) >= 11 is 1.41. The number of hydrogen-bond acceptors (Lipinski definition) is 9. The molecule has 5 rings (SSSR count). The van der Waals surface area contributed by atoms with Gasteiger partial charge in [0.05, 0.1) is 5.69 Å². The van der Waals surface area contributed by atoms with Gasteiger partial charge in [-0.2, -0.15) is 5.10 Å². The first kappa shape index (κ1) is 21.1. The van der Waals surface area contributed by atoms with Crippen LogP contribution in [0.25, 0.3) is 22.4 Å². The largest absolute Gasteiger partial charge is 0.454 e. The van der Waals surface area contributed by atoms with E-state index in [1.54, 1.807) is 6.20 Å². The number of amides is 1. The molecule has 170 valence electrons. The molecule has 0 radical (unpaired) electrons. The van der Waals surface area contributed by atoms with Gasteiger partial charge in [0.1, 0.15) is 6.33 Å². The number of nitrogens with two attached hydrogens (primary N) is 1. The highest BCUT2D eigenvalue weighted by atomic mass is 32.2. The third kappa shape index (κ3) is 4.16. The summed E-state index contributed by atoms with van der Waals surface area (Å²) in [6, 6.07) is 5.75. The van der Waals surface area contributed by atoms with E-state index >= 15 is 0 Å². The second-order valence-corrected chi connectivity index (χ2v) is 8.72. The Kier molecular flexibility index (Phi) is 5.50. The van der Waals surface area contributed by atoms with Crippen molar-refractivity contribution in [2.45, 2.75) is 42.9 Å². The fourth-order valence-corrected chi connectivity index (χ4v) is 4.60. The Morgan fingerprint density at radius 3 is 2.88 bits per heavy atom. The summed E-state index contributed by atoms with van der Waals surface area (Å²) in [5.41, 5.74) is 8.75. The molecule has 11 nitrogen and oxygen atoms in total. The van der Waals surface area contributed by atoms with Gasteiger partial charge in [0.15, 0.2) is 33.6 Å². The third-order valence-corrected chi connectivity index (χ3v) is 6.04. The van der Waals surface area contributed by atoms with Crippen LogP contribution in [0.15, 0.2) is 40.8 Å². The van der Waals surface area contributed by atoms with Crippen molar-refractivity contribution in [1.82, 2.24) is 35.0 Å². The van der Waals surface area contributed by atoms with Gasteiger partial charge in [0, 0.05) is 35.7 Å². The number of benzene rings is 1. The summed E-state index contributed by atoms with van der Waals surface area (Å²) in [6.07, 6.45) is 3.43. The third-order valence-electron chi connectivity index (χ3n) is 4.99. The number of carbonyl (C=O) groups excluding carboxylic acids is 1. The highest BCUT2D eigenvalue weighted by Gasteiger charge is 2.23. The van der Waals surface area contributed by atoms with E-state index in [4.69, 9.17) is 20.2 Å². The van der Waals surface area contributed by atoms with Crippen LogP contribution in [-0.2, 0) is 11.3 Å². The molecule has 0 atom stereocenters. The molecule has 0 aliphatic carbocycles. The first-order valence-corrected chi connectivity index (χ1v) is 11.2. The molecule has 0 saturated carbocycles. The molecule has 0 saturated heterocycles. The quantitative estimate of drug-likeness (QED) is 0.374. The first-order valence-electron chi connectivity index (χ1n) is 10.4. The lowest BCUT2D eigenvalue weighted by Gasteiger charge is -2.12. The number of nitrogen functional groups attached to an aromatic ring is 1. The number of carbonyl (C=O) groups is 1. The normalized spacial score (nSPS) is 12.6. The number of aromatic amines is 1. The maximum Gasteiger partial charge on any atom is 0.231 e. The van der Waals surface area contributed by atoms with E-state index in [2.05, 4.69) is 25.5 Å². The molecule has 33 heavy (non-hydrogen) atoms. The topological polar surface area (TPSA) is 146 Å². The van der Waals surface area contributed by atoms with E-state index in [9.17, 15) is 4.79 Å². The van der Waals surface area contributed by atoms with E-state index in [-0.39, 0.29) is 31.0 Å².